The van der Waals surface area contributed by atoms with Gasteiger partial charge in [-0.05, 0) is 13.0 Å². The summed E-state index contributed by atoms with van der Waals surface area (Å²) in [5.74, 6) is 0.171. The van der Waals surface area contributed by atoms with E-state index in [-0.39, 0.29) is 5.88 Å². The zero-order chi connectivity index (χ0) is 13.0. The van der Waals surface area contributed by atoms with Gasteiger partial charge in [0, 0.05) is 16.9 Å². The monoisotopic (exact) mass is 286 g/mol. The van der Waals surface area contributed by atoms with Crippen LogP contribution in [0.25, 0.3) is 0 Å². The number of pyridine rings is 1. The molecular weight excluding hydrogens is 275 g/mol. The number of hydrogen-bond donors (Lipinski definition) is 0. The highest BCUT2D eigenvalue weighted by molar-refractivity contribution is 7.09. The van der Waals surface area contributed by atoms with Crippen LogP contribution in [-0.2, 0) is 12.3 Å². The number of aryl methyl sites for hydroxylation is 1. The molecule has 0 aromatic carbocycles. The van der Waals surface area contributed by atoms with Crippen LogP contribution in [0.4, 0.5) is 4.39 Å². The molecule has 0 bridgehead atoms. The van der Waals surface area contributed by atoms with Crippen LogP contribution in [0.15, 0.2) is 17.8 Å². The SMILES string of the molecule is Cc1ncsc1CCOc1ncc(F)cc1CCl. The molecule has 0 unspecified atom stereocenters. The third kappa shape index (κ3) is 3.17. The van der Waals surface area contributed by atoms with Crippen LogP contribution in [-0.4, -0.2) is 16.6 Å². The van der Waals surface area contributed by atoms with Crippen LogP contribution < -0.4 is 4.74 Å². The van der Waals surface area contributed by atoms with Crippen molar-refractivity contribution in [3.05, 3.63) is 39.7 Å². The Morgan fingerprint density at radius 3 is 2.94 bits per heavy atom. The van der Waals surface area contributed by atoms with Crippen LogP contribution in [0.1, 0.15) is 16.1 Å². The Bertz CT molecular complexity index is 533. The second kappa shape index (κ2) is 6.11. The van der Waals surface area contributed by atoms with Gasteiger partial charge in [0.15, 0.2) is 0 Å². The van der Waals surface area contributed by atoms with Crippen LogP contribution >= 0.6 is 22.9 Å². The largest absolute Gasteiger partial charge is 0.477 e. The van der Waals surface area contributed by atoms with Gasteiger partial charge in [-0.1, -0.05) is 0 Å². The maximum Gasteiger partial charge on any atom is 0.217 e. The zero-order valence-corrected chi connectivity index (χ0v) is 11.4. The molecule has 0 saturated heterocycles. The van der Waals surface area contributed by atoms with Crippen LogP contribution in [0, 0.1) is 12.7 Å². The van der Waals surface area contributed by atoms with E-state index in [0.717, 1.165) is 18.3 Å². The number of rotatable bonds is 5. The summed E-state index contributed by atoms with van der Waals surface area (Å²) >= 11 is 7.31. The number of hydrogen-bond acceptors (Lipinski definition) is 4. The second-order valence-electron chi connectivity index (χ2n) is 3.71. The van der Waals surface area contributed by atoms with E-state index in [0.29, 0.717) is 18.1 Å². The number of ether oxygens (including phenoxy) is 1. The Morgan fingerprint density at radius 2 is 2.28 bits per heavy atom. The summed E-state index contributed by atoms with van der Waals surface area (Å²) in [4.78, 5) is 9.25. The van der Waals surface area contributed by atoms with Crippen molar-refractivity contribution in [1.29, 1.82) is 0 Å². The fourth-order valence-electron chi connectivity index (χ4n) is 1.50. The van der Waals surface area contributed by atoms with Crippen molar-refractivity contribution in [2.75, 3.05) is 6.61 Å². The van der Waals surface area contributed by atoms with E-state index in [1.165, 1.54) is 10.9 Å². The minimum atomic E-state index is -0.406. The average Bonchev–Trinajstić information content (AvgIpc) is 2.77. The Hall–Kier alpha value is -1.20. The first-order valence-corrected chi connectivity index (χ1v) is 6.84. The first-order valence-electron chi connectivity index (χ1n) is 5.43. The van der Waals surface area contributed by atoms with Gasteiger partial charge in [0.2, 0.25) is 5.88 Å². The Balaban J connectivity index is 1.96. The summed E-state index contributed by atoms with van der Waals surface area (Å²) in [6.45, 7) is 2.44. The number of nitrogens with zero attached hydrogens (tertiary/aromatic N) is 2. The summed E-state index contributed by atoms with van der Waals surface area (Å²) in [5.41, 5.74) is 3.40. The number of thiazole rings is 1. The normalized spacial score (nSPS) is 10.6. The summed E-state index contributed by atoms with van der Waals surface area (Å²) < 4.78 is 18.5. The lowest BCUT2D eigenvalue weighted by Crippen LogP contribution is -2.05. The summed E-state index contributed by atoms with van der Waals surface area (Å²) in [7, 11) is 0. The molecule has 0 radical (unpaired) electrons. The van der Waals surface area contributed by atoms with E-state index in [1.807, 2.05) is 12.4 Å². The van der Waals surface area contributed by atoms with Gasteiger partial charge in [0.1, 0.15) is 5.82 Å². The van der Waals surface area contributed by atoms with E-state index < -0.39 is 5.82 Å². The smallest absolute Gasteiger partial charge is 0.217 e. The third-order valence-corrected chi connectivity index (χ3v) is 3.73. The summed E-state index contributed by atoms with van der Waals surface area (Å²) in [6.07, 6.45) is 1.89. The van der Waals surface area contributed by atoms with Gasteiger partial charge in [-0.3, -0.25) is 0 Å². The molecule has 2 rings (SSSR count). The highest BCUT2D eigenvalue weighted by atomic mass is 35.5. The van der Waals surface area contributed by atoms with Crippen LogP contribution in [0.2, 0.25) is 0 Å². The molecule has 0 saturated carbocycles. The standard InChI is InChI=1S/C12H12ClFN2OS/c1-8-11(18-7-16-8)2-3-17-12-9(5-13)4-10(14)6-15-12/h4,6-7H,2-3,5H2,1H3. The van der Waals surface area contributed by atoms with E-state index in [9.17, 15) is 4.39 Å². The maximum atomic E-state index is 12.9. The fraction of sp³-hybridized carbons (Fsp3) is 0.333. The van der Waals surface area contributed by atoms with Crippen molar-refractivity contribution in [2.24, 2.45) is 0 Å². The minimum absolute atomic E-state index is 0.180. The molecule has 2 aromatic rings. The zero-order valence-electron chi connectivity index (χ0n) is 9.82. The van der Waals surface area contributed by atoms with Gasteiger partial charge >= 0.3 is 0 Å². The molecule has 0 aliphatic rings. The first-order chi connectivity index (χ1) is 8.70. The molecule has 0 spiro atoms. The highest BCUT2D eigenvalue weighted by Gasteiger charge is 2.07. The van der Waals surface area contributed by atoms with Crippen molar-refractivity contribution in [1.82, 2.24) is 9.97 Å². The van der Waals surface area contributed by atoms with Gasteiger partial charge < -0.3 is 4.74 Å². The average molecular weight is 287 g/mol. The van der Waals surface area contributed by atoms with Gasteiger partial charge in [-0.2, -0.15) is 0 Å². The lowest BCUT2D eigenvalue weighted by Gasteiger charge is -2.08. The quantitative estimate of drug-likeness (QED) is 0.791. The molecular formula is C12H12ClFN2OS. The summed E-state index contributed by atoms with van der Waals surface area (Å²) in [5, 5.41) is 0. The lowest BCUT2D eigenvalue weighted by molar-refractivity contribution is 0.306. The highest BCUT2D eigenvalue weighted by Crippen LogP contribution is 2.19. The number of alkyl halides is 1. The Labute approximate surface area is 114 Å². The third-order valence-electron chi connectivity index (χ3n) is 2.45. The molecule has 2 aromatic heterocycles. The van der Waals surface area contributed by atoms with E-state index in [4.69, 9.17) is 16.3 Å². The van der Waals surface area contributed by atoms with Crippen LogP contribution in [0.3, 0.4) is 0 Å². The lowest BCUT2D eigenvalue weighted by atomic mass is 10.3. The first kappa shape index (κ1) is 13.2. The fourth-order valence-corrected chi connectivity index (χ4v) is 2.45. The van der Waals surface area contributed by atoms with Crippen molar-refractivity contribution < 1.29 is 9.13 Å². The van der Waals surface area contributed by atoms with E-state index in [2.05, 4.69) is 9.97 Å². The van der Waals surface area contributed by atoms with Crippen molar-refractivity contribution in [3.8, 4) is 5.88 Å². The molecule has 2 heterocycles. The number of halogens is 2. The maximum absolute atomic E-state index is 12.9. The minimum Gasteiger partial charge on any atom is -0.477 e. The van der Waals surface area contributed by atoms with Crippen molar-refractivity contribution in [2.45, 2.75) is 19.2 Å². The van der Waals surface area contributed by atoms with E-state index >= 15 is 0 Å². The van der Waals surface area contributed by atoms with Crippen molar-refractivity contribution >= 4 is 22.9 Å². The second-order valence-corrected chi connectivity index (χ2v) is 4.92. The predicted molar refractivity (Wildman–Crippen MR) is 69.8 cm³/mol. The van der Waals surface area contributed by atoms with Crippen molar-refractivity contribution in [3.63, 3.8) is 0 Å². The Kier molecular flexibility index (Phi) is 4.49. The predicted octanol–water partition coefficient (Wildman–Crippen LogP) is 3.35. The molecule has 0 fully saturated rings. The molecule has 0 aliphatic carbocycles. The molecule has 0 atom stereocenters. The molecule has 18 heavy (non-hydrogen) atoms. The van der Waals surface area contributed by atoms with Gasteiger partial charge in [0.05, 0.1) is 29.9 Å². The Morgan fingerprint density at radius 1 is 1.44 bits per heavy atom. The van der Waals surface area contributed by atoms with Gasteiger partial charge in [0.25, 0.3) is 0 Å². The molecule has 0 N–H and O–H groups in total. The molecule has 3 nitrogen and oxygen atoms in total. The number of aromatic nitrogens is 2. The molecule has 6 heteroatoms. The van der Waals surface area contributed by atoms with Gasteiger partial charge in [-0.25, -0.2) is 14.4 Å². The topological polar surface area (TPSA) is 35.0 Å². The molecule has 0 aliphatic heterocycles. The van der Waals surface area contributed by atoms with E-state index in [1.54, 1.807) is 11.3 Å². The molecule has 96 valence electrons. The summed E-state index contributed by atoms with van der Waals surface area (Å²) in [6, 6.07) is 1.34. The van der Waals surface area contributed by atoms with Gasteiger partial charge in [-0.15, -0.1) is 22.9 Å². The van der Waals surface area contributed by atoms with Crippen LogP contribution in [0.5, 0.6) is 5.88 Å². The molecule has 0 amide bonds.